The van der Waals surface area contributed by atoms with E-state index in [1.807, 2.05) is 0 Å². The van der Waals surface area contributed by atoms with Crippen LogP contribution in [-0.4, -0.2) is 29.0 Å². The van der Waals surface area contributed by atoms with E-state index >= 15 is 0 Å². The SMILES string of the molecule is CC1CCN(c2ncc(NC(=O)c3ccc(F)cc3F)cn2)CC1. The maximum absolute atomic E-state index is 13.6. The Morgan fingerprint density at radius 2 is 1.88 bits per heavy atom. The number of nitrogens with one attached hydrogen (secondary N) is 1. The summed E-state index contributed by atoms with van der Waals surface area (Å²) < 4.78 is 26.5. The quantitative estimate of drug-likeness (QED) is 0.937. The van der Waals surface area contributed by atoms with E-state index in [9.17, 15) is 13.6 Å². The van der Waals surface area contributed by atoms with Gasteiger partial charge >= 0.3 is 0 Å². The third-order valence-electron chi connectivity index (χ3n) is 4.14. The molecule has 1 aliphatic heterocycles. The molecule has 7 heteroatoms. The number of aromatic nitrogens is 2. The van der Waals surface area contributed by atoms with Crippen LogP contribution in [0.25, 0.3) is 0 Å². The molecule has 0 unspecified atom stereocenters. The van der Waals surface area contributed by atoms with E-state index in [-0.39, 0.29) is 5.56 Å². The number of hydrogen-bond acceptors (Lipinski definition) is 4. The number of halogens is 2. The van der Waals surface area contributed by atoms with Crippen LogP contribution >= 0.6 is 0 Å². The minimum absolute atomic E-state index is 0.231. The molecule has 1 aliphatic rings. The summed E-state index contributed by atoms with van der Waals surface area (Å²) in [4.78, 5) is 22.6. The predicted octanol–water partition coefficient (Wildman–Crippen LogP) is 3.24. The second-order valence-electron chi connectivity index (χ2n) is 6.02. The molecule has 0 atom stereocenters. The van der Waals surface area contributed by atoms with Crippen molar-refractivity contribution in [2.75, 3.05) is 23.3 Å². The lowest BCUT2D eigenvalue weighted by Crippen LogP contribution is -2.34. The van der Waals surface area contributed by atoms with E-state index in [2.05, 4.69) is 27.1 Å². The van der Waals surface area contributed by atoms with Gasteiger partial charge in [-0.25, -0.2) is 18.7 Å². The van der Waals surface area contributed by atoms with Gasteiger partial charge in [0, 0.05) is 19.2 Å². The van der Waals surface area contributed by atoms with Crippen molar-refractivity contribution < 1.29 is 13.6 Å². The lowest BCUT2D eigenvalue weighted by Gasteiger charge is -2.30. The van der Waals surface area contributed by atoms with Gasteiger partial charge in [0.15, 0.2) is 0 Å². The largest absolute Gasteiger partial charge is 0.341 e. The molecule has 1 saturated heterocycles. The number of piperidine rings is 1. The molecule has 0 saturated carbocycles. The van der Waals surface area contributed by atoms with E-state index in [1.165, 1.54) is 12.4 Å². The summed E-state index contributed by atoms with van der Waals surface area (Å²) in [5.41, 5.74) is 0.128. The molecule has 1 aromatic carbocycles. The molecular formula is C17H18F2N4O. The number of hydrogen-bond donors (Lipinski definition) is 1. The van der Waals surface area contributed by atoms with Crippen molar-refractivity contribution >= 4 is 17.5 Å². The number of benzene rings is 1. The van der Waals surface area contributed by atoms with E-state index < -0.39 is 17.5 Å². The van der Waals surface area contributed by atoms with Crippen LogP contribution in [0.1, 0.15) is 30.1 Å². The van der Waals surface area contributed by atoms with Crippen molar-refractivity contribution in [1.82, 2.24) is 9.97 Å². The average molecular weight is 332 g/mol. The van der Waals surface area contributed by atoms with Crippen LogP contribution in [0.15, 0.2) is 30.6 Å². The van der Waals surface area contributed by atoms with Crippen molar-refractivity contribution in [1.29, 1.82) is 0 Å². The molecule has 1 fully saturated rings. The summed E-state index contributed by atoms with van der Waals surface area (Å²) in [6, 6.07) is 2.81. The molecule has 2 aromatic rings. The first-order valence-electron chi connectivity index (χ1n) is 7.86. The van der Waals surface area contributed by atoms with Gasteiger partial charge < -0.3 is 10.2 Å². The van der Waals surface area contributed by atoms with Gasteiger partial charge in [0.1, 0.15) is 11.6 Å². The topological polar surface area (TPSA) is 58.1 Å². The van der Waals surface area contributed by atoms with Crippen molar-refractivity contribution in [2.45, 2.75) is 19.8 Å². The van der Waals surface area contributed by atoms with Crippen molar-refractivity contribution in [3.8, 4) is 0 Å². The molecule has 0 bridgehead atoms. The first-order chi connectivity index (χ1) is 11.5. The maximum atomic E-state index is 13.6. The fraction of sp³-hybridized carbons (Fsp3) is 0.353. The monoisotopic (exact) mass is 332 g/mol. The Kier molecular flexibility index (Phi) is 4.69. The van der Waals surface area contributed by atoms with Gasteiger partial charge in [0.2, 0.25) is 5.95 Å². The zero-order valence-corrected chi connectivity index (χ0v) is 13.3. The highest BCUT2D eigenvalue weighted by atomic mass is 19.1. The fourth-order valence-electron chi connectivity index (χ4n) is 2.63. The standard InChI is InChI=1S/C17H18F2N4O/c1-11-4-6-23(7-5-11)17-20-9-13(10-21-17)22-16(24)14-3-2-12(18)8-15(14)19/h2-3,8-11H,4-7H2,1H3,(H,22,24). The normalized spacial score (nSPS) is 15.4. The number of carbonyl (C=O) groups excluding carboxylic acids is 1. The summed E-state index contributed by atoms with van der Waals surface area (Å²) in [6.07, 6.45) is 5.18. The fourth-order valence-corrected chi connectivity index (χ4v) is 2.63. The van der Waals surface area contributed by atoms with Gasteiger partial charge in [-0.05, 0) is 30.9 Å². The van der Waals surface area contributed by atoms with E-state index in [4.69, 9.17) is 0 Å². The molecule has 126 valence electrons. The minimum Gasteiger partial charge on any atom is -0.341 e. The number of carbonyl (C=O) groups is 1. The third-order valence-corrected chi connectivity index (χ3v) is 4.14. The van der Waals surface area contributed by atoms with Crippen LogP contribution in [-0.2, 0) is 0 Å². The highest BCUT2D eigenvalue weighted by Gasteiger charge is 2.18. The summed E-state index contributed by atoms with van der Waals surface area (Å²) in [5, 5.41) is 2.51. The van der Waals surface area contributed by atoms with Gasteiger partial charge in [-0.2, -0.15) is 0 Å². The predicted molar refractivity (Wildman–Crippen MR) is 87.0 cm³/mol. The molecule has 2 heterocycles. The van der Waals surface area contributed by atoms with Crippen LogP contribution < -0.4 is 10.2 Å². The zero-order valence-electron chi connectivity index (χ0n) is 13.3. The first-order valence-corrected chi connectivity index (χ1v) is 7.86. The van der Waals surface area contributed by atoms with Crippen LogP contribution in [0.2, 0.25) is 0 Å². The average Bonchev–Trinajstić information content (AvgIpc) is 2.56. The molecule has 0 radical (unpaired) electrons. The Balaban J connectivity index is 1.66. The molecule has 0 spiro atoms. The highest BCUT2D eigenvalue weighted by molar-refractivity contribution is 6.04. The van der Waals surface area contributed by atoms with Crippen LogP contribution in [0.4, 0.5) is 20.4 Å². The number of nitrogens with zero attached hydrogens (tertiary/aromatic N) is 3. The van der Waals surface area contributed by atoms with Crippen molar-refractivity contribution in [2.24, 2.45) is 5.92 Å². The van der Waals surface area contributed by atoms with Gasteiger partial charge in [-0.3, -0.25) is 4.79 Å². The van der Waals surface area contributed by atoms with Crippen LogP contribution in [0, 0.1) is 17.6 Å². The van der Waals surface area contributed by atoms with Gasteiger partial charge in [0.05, 0.1) is 23.6 Å². The Labute approximate surface area is 138 Å². The lowest BCUT2D eigenvalue weighted by atomic mass is 10.00. The first kappa shape index (κ1) is 16.3. The van der Waals surface area contributed by atoms with E-state index in [1.54, 1.807) is 0 Å². The minimum atomic E-state index is -0.910. The molecule has 5 nitrogen and oxygen atoms in total. The number of anilines is 2. The third kappa shape index (κ3) is 3.67. The second kappa shape index (κ2) is 6.90. The Morgan fingerprint density at radius 1 is 1.21 bits per heavy atom. The molecule has 1 N–H and O–H groups in total. The van der Waals surface area contributed by atoms with Crippen molar-refractivity contribution in [3.05, 3.63) is 47.8 Å². The van der Waals surface area contributed by atoms with Gasteiger partial charge in [-0.15, -0.1) is 0 Å². The van der Waals surface area contributed by atoms with E-state index in [0.29, 0.717) is 23.6 Å². The van der Waals surface area contributed by atoms with Crippen LogP contribution in [0.5, 0.6) is 0 Å². The molecule has 1 amide bonds. The zero-order chi connectivity index (χ0) is 17.1. The molecule has 3 rings (SSSR count). The summed E-state index contributed by atoms with van der Waals surface area (Å²) in [7, 11) is 0. The van der Waals surface area contributed by atoms with Crippen molar-refractivity contribution in [3.63, 3.8) is 0 Å². The number of amides is 1. The van der Waals surface area contributed by atoms with Gasteiger partial charge in [0.25, 0.3) is 5.91 Å². The molecule has 1 aromatic heterocycles. The highest BCUT2D eigenvalue weighted by Crippen LogP contribution is 2.20. The molecule has 0 aliphatic carbocycles. The molecular weight excluding hydrogens is 314 g/mol. The Hall–Kier alpha value is -2.57. The smallest absolute Gasteiger partial charge is 0.258 e. The van der Waals surface area contributed by atoms with Crippen LogP contribution in [0.3, 0.4) is 0 Å². The van der Waals surface area contributed by atoms with E-state index in [0.717, 1.165) is 38.1 Å². The molecule has 24 heavy (non-hydrogen) atoms. The maximum Gasteiger partial charge on any atom is 0.258 e. The van der Waals surface area contributed by atoms with Gasteiger partial charge in [-0.1, -0.05) is 6.92 Å². The number of rotatable bonds is 3. The second-order valence-corrected chi connectivity index (χ2v) is 6.02. The summed E-state index contributed by atoms with van der Waals surface area (Å²) in [5.74, 6) is -0.978. The Morgan fingerprint density at radius 3 is 2.50 bits per heavy atom. The lowest BCUT2D eigenvalue weighted by molar-refractivity contribution is 0.102. The Bertz CT molecular complexity index is 728. The summed E-state index contributed by atoms with van der Waals surface area (Å²) in [6.45, 7) is 4.05. The summed E-state index contributed by atoms with van der Waals surface area (Å²) >= 11 is 0.